The molecule has 0 amide bonds. The van der Waals surface area contributed by atoms with Crippen LogP contribution < -0.4 is 4.90 Å². The van der Waals surface area contributed by atoms with E-state index in [0.717, 1.165) is 19.3 Å². The average molecular weight is 265 g/mol. The SMILES string of the molecule is CC1CN(c2cc(C(=O)O)c([N+](=O)[O-])cn2)CC1C. The van der Waals surface area contributed by atoms with Gasteiger partial charge in [-0.05, 0) is 11.8 Å². The maximum absolute atomic E-state index is 11.1. The lowest BCUT2D eigenvalue weighted by Crippen LogP contribution is -2.21. The van der Waals surface area contributed by atoms with E-state index in [2.05, 4.69) is 18.8 Å². The normalized spacial score (nSPS) is 22.5. The molecule has 7 nitrogen and oxygen atoms in total. The first-order chi connectivity index (χ1) is 8.90. The number of hydrogen-bond donors (Lipinski definition) is 1. The first-order valence-electron chi connectivity index (χ1n) is 6.02. The molecule has 1 fully saturated rings. The van der Waals surface area contributed by atoms with Crippen molar-refractivity contribution < 1.29 is 14.8 Å². The molecule has 1 aromatic heterocycles. The molecule has 1 N–H and O–H groups in total. The lowest BCUT2D eigenvalue weighted by Gasteiger charge is -2.17. The van der Waals surface area contributed by atoms with Crippen LogP contribution in [0.1, 0.15) is 24.2 Å². The van der Waals surface area contributed by atoms with Gasteiger partial charge < -0.3 is 10.0 Å². The number of carboxylic acids is 1. The highest BCUT2D eigenvalue weighted by Crippen LogP contribution is 2.29. The molecule has 0 saturated carbocycles. The van der Waals surface area contributed by atoms with Crippen molar-refractivity contribution in [3.8, 4) is 0 Å². The summed E-state index contributed by atoms with van der Waals surface area (Å²) < 4.78 is 0. The predicted molar refractivity (Wildman–Crippen MR) is 68.4 cm³/mol. The number of anilines is 1. The van der Waals surface area contributed by atoms with Crippen LogP contribution in [-0.4, -0.2) is 34.1 Å². The molecule has 2 atom stereocenters. The van der Waals surface area contributed by atoms with Gasteiger partial charge >= 0.3 is 11.7 Å². The molecule has 0 radical (unpaired) electrons. The van der Waals surface area contributed by atoms with Crippen LogP contribution in [0.3, 0.4) is 0 Å². The second-order valence-electron chi connectivity index (χ2n) is 4.98. The molecule has 2 heterocycles. The molecule has 0 aliphatic carbocycles. The molecular weight excluding hydrogens is 250 g/mol. The summed E-state index contributed by atoms with van der Waals surface area (Å²) in [5.41, 5.74) is -0.793. The van der Waals surface area contributed by atoms with Crippen LogP contribution in [0.15, 0.2) is 12.3 Å². The van der Waals surface area contributed by atoms with E-state index in [1.807, 2.05) is 4.90 Å². The van der Waals surface area contributed by atoms with Crippen LogP contribution in [0.4, 0.5) is 11.5 Å². The zero-order chi connectivity index (χ0) is 14.2. The molecule has 7 heteroatoms. The van der Waals surface area contributed by atoms with E-state index in [9.17, 15) is 14.9 Å². The number of aromatic carboxylic acids is 1. The largest absolute Gasteiger partial charge is 0.477 e. The third-order valence-corrected chi connectivity index (χ3v) is 3.61. The number of hydrogen-bond acceptors (Lipinski definition) is 5. The summed E-state index contributed by atoms with van der Waals surface area (Å²) in [5, 5.41) is 19.8. The Morgan fingerprint density at radius 3 is 2.53 bits per heavy atom. The zero-order valence-corrected chi connectivity index (χ0v) is 10.7. The number of pyridine rings is 1. The highest BCUT2D eigenvalue weighted by Gasteiger charge is 2.29. The first kappa shape index (κ1) is 13.3. The van der Waals surface area contributed by atoms with Gasteiger partial charge in [0.1, 0.15) is 17.6 Å². The van der Waals surface area contributed by atoms with Gasteiger partial charge in [-0.25, -0.2) is 9.78 Å². The van der Waals surface area contributed by atoms with E-state index in [1.54, 1.807) is 0 Å². The van der Waals surface area contributed by atoms with Gasteiger partial charge in [-0.15, -0.1) is 0 Å². The summed E-state index contributed by atoms with van der Waals surface area (Å²) in [6.07, 6.45) is 1.02. The average Bonchev–Trinajstić information content (AvgIpc) is 2.68. The number of carboxylic acid groups (broad SMARTS) is 1. The van der Waals surface area contributed by atoms with Gasteiger partial charge in [-0.1, -0.05) is 13.8 Å². The molecule has 102 valence electrons. The van der Waals surface area contributed by atoms with Gasteiger partial charge in [0.25, 0.3) is 0 Å². The number of nitrogens with zero attached hydrogens (tertiary/aromatic N) is 3. The molecule has 0 aromatic carbocycles. The van der Waals surface area contributed by atoms with E-state index in [1.165, 1.54) is 6.07 Å². The van der Waals surface area contributed by atoms with Gasteiger partial charge in [0.15, 0.2) is 0 Å². The van der Waals surface area contributed by atoms with Crippen LogP contribution in [0.5, 0.6) is 0 Å². The molecule has 2 rings (SSSR count). The van der Waals surface area contributed by atoms with Gasteiger partial charge in [-0.2, -0.15) is 0 Å². The summed E-state index contributed by atoms with van der Waals surface area (Å²) >= 11 is 0. The molecule has 0 spiro atoms. The van der Waals surface area contributed by atoms with Crippen molar-refractivity contribution in [1.29, 1.82) is 0 Å². The van der Waals surface area contributed by atoms with Crippen LogP contribution in [-0.2, 0) is 0 Å². The van der Waals surface area contributed by atoms with Crippen LogP contribution in [0.2, 0.25) is 0 Å². The van der Waals surface area contributed by atoms with Crippen LogP contribution >= 0.6 is 0 Å². The van der Waals surface area contributed by atoms with Crippen molar-refractivity contribution in [3.63, 3.8) is 0 Å². The summed E-state index contributed by atoms with van der Waals surface area (Å²) in [6, 6.07) is 1.28. The van der Waals surface area contributed by atoms with Gasteiger partial charge in [0.05, 0.1) is 4.92 Å². The number of nitro groups is 1. The monoisotopic (exact) mass is 265 g/mol. The number of rotatable bonds is 3. The Morgan fingerprint density at radius 2 is 2.05 bits per heavy atom. The van der Waals surface area contributed by atoms with E-state index in [-0.39, 0.29) is 5.56 Å². The Bertz CT molecular complexity index is 522. The molecule has 1 aliphatic rings. The Morgan fingerprint density at radius 1 is 1.47 bits per heavy atom. The second kappa shape index (κ2) is 4.83. The fourth-order valence-electron chi connectivity index (χ4n) is 2.24. The highest BCUT2D eigenvalue weighted by molar-refractivity contribution is 5.93. The lowest BCUT2D eigenvalue weighted by molar-refractivity contribution is -0.385. The van der Waals surface area contributed by atoms with Gasteiger partial charge in [-0.3, -0.25) is 10.1 Å². The minimum atomic E-state index is -1.31. The molecular formula is C12H15N3O4. The molecule has 1 aliphatic heterocycles. The minimum Gasteiger partial charge on any atom is -0.477 e. The standard InChI is InChI=1S/C12H15N3O4/c1-7-5-14(6-8(7)2)11-3-9(12(16)17)10(4-13-11)15(18)19/h3-4,7-8H,5-6H2,1-2H3,(H,16,17). The number of aromatic nitrogens is 1. The molecule has 0 bridgehead atoms. The van der Waals surface area contributed by atoms with E-state index >= 15 is 0 Å². The van der Waals surface area contributed by atoms with Crippen molar-refractivity contribution in [2.24, 2.45) is 11.8 Å². The van der Waals surface area contributed by atoms with E-state index < -0.39 is 16.6 Å². The predicted octanol–water partition coefficient (Wildman–Crippen LogP) is 1.78. The molecule has 19 heavy (non-hydrogen) atoms. The summed E-state index contributed by atoms with van der Waals surface area (Å²) in [5.74, 6) is 0.158. The quantitative estimate of drug-likeness (QED) is 0.661. The molecule has 1 saturated heterocycles. The Kier molecular flexibility index (Phi) is 3.37. The fourth-order valence-corrected chi connectivity index (χ4v) is 2.24. The van der Waals surface area contributed by atoms with E-state index in [4.69, 9.17) is 5.11 Å². The van der Waals surface area contributed by atoms with Gasteiger partial charge in [0, 0.05) is 19.2 Å². The van der Waals surface area contributed by atoms with Crippen molar-refractivity contribution in [2.45, 2.75) is 13.8 Å². The summed E-state index contributed by atoms with van der Waals surface area (Å²) in [7, 11) is 0. The molecule has 2 unspecified atom stereocenters. The first-order valence-corrected chi connectivity index (χ1v) is 6.02. The maximum atomic E-state index is 11.1. The summed E-state index contributed by atoms with van der Waals surface area (Å²) in [6.45, 7) is 5.80. The zero-order valence-electron chi connectivity index (χ0n) is 10.7. The molecule has 1 aromatic rings. The Hall–Kier alpha value is -2.18. The Balaban J connectivity index is 2.36. The third-order valence-electron chi connectivity index (χ3n) is 3.61. The van der Waals surface area contributed by atoms with Crippen LogP contribution in [0, 0.1) is 22.0 Å². The Labute approximate surface area is 110 Å². The maximum Gasteiger partial charge on any atom is 0.342 e. The van der Waals surface area contributed by atoms with Crippen molar-refractivity contribution >= 4 is 17.5 Å². The fraction of sp³-hybridized carbons (Fsp3) is 0.500. The van der Waals surface area contributed by atoms with Crippen LogP contribution in [0.25, 0.3) is 0 Å². The highest BCUT2D eigenvalue weighted by atomic mass is 16.6. The van der Waals surface area contributed by atoms with Crippen molar-refractivity contribution in [3.05, 3.63) is 27.9 Å². The van der Waals surface area contributed by atoms with E-state index in [0.29, 0.717) is 17.7 Å². The lowest BCUT2D eigenvalue weighted by atomic mass is 10.0. The number of carbonyl (C=O) groups is 1. The summed E-state index contributed by atoms with van der Waals surface area (Å²) in [4.78, 5) is 27.1. The minimum absolute atomic E-state index is 0.317. The van der Waals surface area contributed by atoms with Crippen molar-refractivity contribution in [1.82, 2.24) is 4.98 Å². The topological polar surface area (TPSA) is 96.6 Å². The second-order valence-corrected chi connectivity index (χ2v) is 4.98. The van der Waals surface area contributed by atoms with Crippen molar-refractivity contribution in [2.75, 3.05) is 18.0 Å². The van der Waals surface area contributed by atoms with Gasteiger partial charge in [0.2, 0.25) is 0 Å². The third kappa shape index (κ3) is 2.49. The smallest absolute Gasteiger partial charge is 0.342 e.